The molecule has 8 nitrogen and oxygen atoms in total. The van der Waals surface area contributed by atoms with Crippen molar-refractivity contribution in [1.82, 2.24) is 4.90 Å². The van der Waals surface area contributed by atoms with E-state index in [1.54, 1.807) is 11.4 Å². The molecule has 2 heterocycles. The first-order valence-corrected chi connectivity index (χ1v) is 10.1. The highest BCUT2D eigenvalue weighted by molar-refractivity contribution is 7.14. The van der Waals surface area contributed by atoms with Gasteiger partial charge >= 0.3 is 5.97 Å². The highest BCUT2D eigenvalue weighted by Gasteiger charge is 2.47. The molecule has 2 aliphatic rings. The predicted molar refractivity (Wildman–Crippen MR) is 100 cm³/mol. The Labute approximate surface area is 166 Å². The van der Waals surface area contributed by atoms with Crippen LogP contribution in [0.5, 0.6) is 0 Å². The fraction of sp³-hybridized carbons (Fsp3) is 0.526. The number of ether oxygens (including phenoxy) is 1. The van der Waals surface area contributed by atoms with Crippen molar-refractivity contribution in [2.24, 2.45) is 11.8 Å². The Bertz CT molecular complexity index is 819. The minimum Gasteiger partial charge on any atom is -0.452 e. The summed E-state index contributed by atoms with van der Waals surface area (Å²) in [6, 6.07) is 3.54. The van der Waals surface area contributed by atoms with Crippen LogP contribution in [0.25, 0.3) is 0 Å². The van der Waals surface area contributed by atoms with Gasteiger partial charge in [0.25, 0.3) is 5.91 Å². The normalized spacial score (nSPS) is 22.4. The van der Waals surface area contributed by atoms with Crippen LogP contribution in [0.4, 0.5) is 5.00 Å². The van der Waals surface area contributed by atoms with Crippen molar-refractivity contribution in [1.29, 1.82) is 5.26 Å². The van der Waals surface area contributed by atoms with Crippen molar-refractivity contribution in [3.05, 3.63) is 17.0 Å². The predicted octanol–water partition coefficient (Wildman–Crippen LogP) is 2.06. The number of hydrogen-bond donors (Lipinski definition) is 1. The van der Waals surface area contributed by atoms with Gasteiger partial charge in [-0.25, -0.2) is 0 Å². The summed E-state index contributed by atoms with van der Waals surface area (Å²) >= 11 is 1.20. The molecule has 0 aromatic carbocycles. The Hall–Kier alpha value is -2.73. The number of carbonyl (C=O) groups is 4. The molecule has 9 heteroatoms. The number of esters is 1. The second-order valence-electron chi connectivity index (χ2n) is 6.97. The third kappa shape index (κ3) is 4.07. The molecule has 0 bridgehead atoms. The maximum atomic E-state index is 12.4. The van der Waals surface area contributed by atoms with E-state index in [9.17, 15) is 19.2 Å². The molecule has 3 amide bonds. The number of nitrogens with zero attached hydrogens (tertiary/aromatic N) is 2. The van der Waals surface area contributed by atoms with Crippen LogP contribution < -0.4 is 5.32 Å². The number of thiophene rings is 1. The van der Waals surface area contributed by atoms with Crippen LogP contribution >= 0.6 is 11.3 Å². The molecule has 3 rings (SSSR count). The first kappa shape index (κ1) is 20.0. The van der Waals surface area contributed by atoms with E-state index < -0.39 is 18.0 Å². The molecule has 0 radical (unpaired) electrons. The quantitative estimate of drug-likeness (QED) is 0.574. The topological polar surface area (TPSA) is 117 Å². The van der Waals surface area contributed by atoms with E-state index >= 15 is 0 Å². The summed E-state index contributed by atoms with van der Waals surface area (Å²) in [5.41, 5.74) is 0.337. The summed E-state index contributed by atoms with van der Waals surface area (Å²) in [6.07, 6.45) is 2.12. The van der Waals surface area contributed by atoms with E-state index in [0.29, 0.717) is 10.6 Å². The van der Waals surface area contributed by atoms with Crippen LogP contribution in [0.2, 0.25) is 0 Å². The summed E-state index contributed by atoms with van der Waals surface area (Å²) < 4.78 is 5.10. The number of carbonyl (C=O) groups excluding carboxylic acids is 4. The number of amides is 3. The van der Waals surface area contributed by atoms with Crippen LogP contribution in [0.1, 0.15) is 44.6 Å². The molecule has 1 aromatic heterocycles. The lowest BCUT2D eigenvalue weighted by atomic mass is 9.81. The summed E-state index contributed by atoms with van der Waals surface area (Å²) in [5.74, 6) is -2.11. The highest BCUT2D eigenvalue weighted by atomic mass is 32.1. The summed E-state index contributed by atoms with van der Waals surface area (Å²) in [5, 5.41) is 13.6. The Morgan fingerprint density at radius 2 is 1.96 bits per heavy atom. The van der Waals surface area contributed by atoms with Crippen LogP contribution in [-0.4, -0.2) is 41.2 Å². The molecule has 0 unspecified atom stereocenters. The molecule has 1 aliphatic heterocycles. The molecule has 2 fully saturated rings. The molecule has 1 aliphatic carbocycles. The van der Waals surface area contributed by atoms with E-state index in [0.717, 1.165) is 30.6 Å². The van der Waals surface area contributed by atoms with Gasteiger partial charge in [-0.1, -0.05) is 12.8 Å². The van der Waals surface area contributed by atoms with Gasteiger partial charge in [-0.3, -0.25) is 24.1 Å². The van der Waals surface area contributed by atoms with Gasteiger partial charge in [0, 0.05) is 6.54 Å². The first-order valence-electron chi connectivity index (χ1n) is 9.25. The molecule has 1 N–H and O–H groups in total. The molecular formula is C19H21N3O5S. The van der Waals surface area contributed by atoms with Crippen molar-refractivity contribution in [3.63, 3.8) is 0 Å². The Kier molecular flexibility index (Phi) is 6.09. The van der Waals surface area contributed by atoms with Gasteiger partial charge in [0.2, 0.25) is 11.8 Å². The first-order chi connectivity index (χ1) is 13.4. The van der Waals surface area contributed by atoms with Crippen molar-refractivity contribution in [3.8, 4) is 6.07 Å². The average molecular weight is 403 g/mol. The minimum atomic E-state index is -1.06. The Balaban J connectivity index is 1.49. The molecule has 0 spiro atoms. The van der Waals surface area contributed by atoms with Crippen molar-refractivity contribution in [2.45, 2.75) is 45.1 Å². The summed E-state index contributed by atoms with van der Waals surface area (Å²) in [7, 11) is 0. The molecule has 1 aromatic rings. The number of nitrogens with one attached hydrogen (secondary N) is 1. The third-order valence-electron chi connectivity index (χ3n) is 5.17. The van der Waals surface area contributed by atoms with Crippen LogP contribution in [0, 0.1) is 23.2 Å². The maximum Gasteiger partial charge on any atom is 0.308 e. The smallest absolute Gasteiger partial charge is 0.308 e. The van der Waals surface area contributed by atoms with Gasteiger partial charge in [-0.15, -0.1) is 11.3 Å². The van der Waals surface area contributed by atoms with E-state index in [2.05, 4.69) is 5.32 Å². The number of hydrogen-bond acceptors (Lipinski definition) is 7. The van der Waals surface area contributed by atoms with Gasteiger partial charge in [-0.2, -0.15) is 5.26 Å². The Morgan fingerprint density at radius 1 is 1.32 bits per heavy atom. The minimum absolute atomic E-state index is 0.0264. The number of anilines is 1. The van der Waals surface area contributed by atoms with E-state index in [-0.39, 0.29) is 36.6 Å². The van der Waals surface area contributed by atoms with Gasteiger partial charge in [0.15, 0.2) is 6.10 Å². The zero-order valence-electron chi connectivity index (χ0n) is 15.5. The van der Waals surface area contributed by atoms with Crippen LogP contribution in [0.15, 0.2) is 11.4 Å². The van der Waals surface area contributed by atoms with Crippen molar-refractivity contribution >= 4 is 40.0 Å². The SMILES string of the molecule is C[C@@H](OC(=O)CCN1C(=O)[C@H]2CCCC[C@H]2C1=O)C(=O)Nc1sccc1C#N. The third-order valence-corrected chi connectivity index (χ3v) is 6.00. The second-order valence-corrected chi connectivity index (χ2v) is 7.89. The fourth-order valence-electron chi connectivity index (χ4n) is 3.67. The molecule has 1 saturated carbocycles. The monoisotopic (exact) mass is 403 g/mol. The summed E-state index contributed by atoms with van der Waals surface area (Å²) in [6.45, 7) is 1.40. The molecule has 1 saturated heterocycles. The number of nitriles is 1. The molecular weight excluding hydrogens is 382 g/mol. The van der Waals surface area contributed by atoms with E-state index in [4.69, 9.17) is 10.00 Å². The molecule has 148 valence electrons. The van der Waals surface area contributed by atoms with Crippen molar-refractivity contribution < 1.29 is 23.9 Å². The van der Waals surface area contributed by atoms with E-state index in [1.807, 2.05) is 6.07 Å². The lowest BCUT2D eigenvalue weighted by Crippen LogP contribution is -2.35. The summed E-state index contributed by atoms with van der Waals surface area (Å²) in [4.78, 5) is 50.2. The van der Waals surface area contributed by atoms with Gasteiger partial charge < -0.3 is 10.1 Å². The fourth-order valence-corrected chi connectivity index (χ4v) is 4.41. The second kappa shape index (κ2) is 8.52. The largest absolute Gasteiger partial charge is 0.452 e. The number of likely N-dealkylation sites (tertiary alicyclic amines) is 1. The lowest BCUT2D eigenvalue weighted by Gasteiger charge is -2.19. The van der Waals surface area contributed by atoms with Gasteiger partial charge in [0.1, 0.15) is 11.1 Å². The zero-order chi connectivity index (χ0) is 20.3. The number of imide groups is 1. The maximum absolute atomic E-state index is 12.4. The van der Waals surface area contributed by atoms with E-state index in [1.165, 1.54) is 18.3 Å². The van der Waals surface area contributed by atoms with Crippen LogP contribution in [0.3, 0.4) is 0 Å². The highest BCUT2D eigenvalue weighted by Crippen LogP contribution is 2.38. The number of rotatable bonds is 6. The standard InChI is InChI=1S/C19H21N3O5S/c1-11(16(24)21-17-12(10-20)7-9-28-17)27-15(23)6-8-22-18(25)13-4-2-3-5-14(13)19(22)26/h7,9,11,13-14H,2-6,8H2,1H3,(H,21,24)/t11-,13-,14+/m1/s1. The number of fused-ring (bicyclic) bond motifs is 1. The van der Waals surface area contributed by atoms with Crippen LogP contribution in [-0.2, 0) is 23.9 Å². The Morgan fingerprint density at radius 3 is 2.57 bits per heavy atom. The lowest BCUT2D eigenvalue weighted by molar-refractivity contribution is -0.154. The molecule has 3 atom stereocenters. The van der Waals surface area contributed by atoms with Crippen molar-refractivity contribution in [2.75, 3.05) is 11.9 Å². The average Bonchev–Trinajstić information content (AvgIpc) is 3.23. The van der Waals surface area contributed by atoms with Gasteiger partial charge in [-0.05, 0) is 31.2 Å². The van der Waals surface area contributed by atoms with Gasteiger partial charge in [0.05, 0.1) is 23.8 Å². The molecule has 28 heavy (non-hydrogen) atoms. The zero-order valence-corrected chi connectivity index (χ0v) is 16.3.